The predicted octanol–water partition coefficient (Wildman–Crippen LogP) is 3.40. The van der Waals surface area contributed by atoms with Gasteiger partial charge in [-0.25, -0.2) is 4.39 Å². The number of rotatable bonds is 6. The van der Waals surface area contributed by atoms with Crippen LogP contribution < -0.4 is 5.32 Å². The molecule has 30 heavy (non-hydrogen) atoms. The van der Waals surface area contributed by atoms with E-state index in [0.717, 1.165) is 31.4 Å². The average Bonchev–Trinajstić information content (AvgIpc) is 3.44. The molecule has 1 aliphatic carbocycles. The van der Waals surface area contributed by atoms with Crippen molar-refractivity contribution in [1.82, 2.24) is 15.2 Å². The highest BCUT2D eigenvalue weighted by atomic mass is 35.5. The maximum absolute atomic E-state index is 13.2. The van der Waals surface area contributed by atoms with Crippen LogP contribution in [0.3, 0.4) is 0 Å². The summed E-state index contributed by atoms with van der Waals surface area (Å²) >= 11 is 6.04. The van der Waals surface area contributed by atoms with Crippen LogP contribution in [-0.4, -0.2) is 41.3 Å². The van der Waals surface area contributed by atoms with Crippen LogP contribution in [0.5, 0.6) is 0 Å². The number of amides is 2. The fourth-order valence-corrected chi connectivity index (χ4v) is 4.63. The zero-order chi connectivity index (χ0) is 21.1. The van der Waals surface area contributed by atoms with E-state index in [2.05, 4.69) is 10.3 Å². The van der Waals surface area contributed by atoms with Gasteiger partial charge in [0.2, 0.25) is 11.8 Å². The number of hydrogen-bond donors (Lipinski definition) is 1. The Kier molecular flexibility index (Phi) is 6.04. The van der Waals surface area contributed by atoms with Gasteiger partial charge in [0.15, 0.2) is 0 Å². The number of benzene rings is 1. The quantitative estimate of drug-likeness (QED) is 0.765. The largest absolute Gasteiger partial charge is 0.355 e. The summed E-state index contributed by atoms with van der Waals surface area (Å²) in [5.41, 5.74) is 1.65. The first-order chi connectivity index (χ1) is 14.5. The van der Waals surface area contributed by atoms with Gasteiger partial charge in [0, 0.05) is 48.9 Å². The van der Waals surface area contributed by atoms with E-state index in [4.69, 9.17) is 11.6 Å². The van der Waals surface area contributed by atoms with Gasteiger partial charge in [-0.1, -0.05) is 23.7 Å². The number of piperidine rings is 1. The minimum absolute atomic E-state index is 0.00429. The van der Waals surface area contributed by atoms with Crippen molar-refractivity contribution in [2.45, 2.75) is 32.1 Å². The first kappa shape index (κ1) is 20.8. The lowest BCUT2D eigenvalue weighted by Gasteiger charge is -2.33. The molecule has 0 radical (unpaired) electrons. The number of hydrogen-bond acceptors (Lipinski definition) is 3. The lowest BCUT2D eigenvalue weighted by Crippen LogP contribution is -2.41. The third kappa shape index (κ3) is 4.64. The molecule has 1 atom stereocenters. The third-order valence-electron chi connectivity index (χ3n) is 6.38. The maximum Gasteiger partial charge on any atom is 0.227 e. The summed E-state index contributed by atoms with van der Waals surface area (Å²) in [4.78, 5) is 31.2. The highest BCUT2D eigenvalue weighted by molar-refractivity contribution is 6.31. The van der Waals surface area contributed by atoms with E-state index < -0.39 is 5.82 Å². The molecule has 2 aromatic rings. The van der Waals surface area contributed by atoms with Gasteiger partial charge < -0.3 is 10.2 Å². The molecule has 2 fully saturated rings. The van der Waals surface area contributed by atoms with Crippen LogP contribution in [0.1, 0.15) is 30.5 Å². The fourth-order valence-electron chi connectivity index (χ4n) is 4.40. The summed E-state index contributed by atoms with van der Waals surface area (Å²) in [6.07, 6.45) is 5.23. The monoisotopic (exact) mass is 429 g/mol. The van der Waals surface area contributed by atoms with Gasteiger partial charge in [0.1, 0.15) is 5.82 Å². The van der Waals surface area contributed by atoms with Gasteiger partial charge in [-0.15, -0.1) is 0 Å². The number of carbonyl (C=O) groups excluding carboxylic acids is 2. The first-order valence-corrected chi connectivity index (χ1v) is 10.7. The summed E-state index contributed by atoms with van der Waals surface area (Å²) in [7, 11) is 0. The Morgan fingerprint density at radius 2 is 2.03 bits per heavy atom. The molecule has 1 aliphatic heterocycles. The Balaban J connectivity index is 1.22. The molecule has 1 saturated carbocycles. The minimum atomic E-state index is -0.408. The van der Waals surface area contributed by atoms with Crippen molar-refractivity contribution in [2.75, 3.05) is 19.6 Å². The Labute approximate surface area is 180 Å². The number of nitrogens with zero attached hydrogens (tertiary/aromatic N) is 2. The van der Waals surface area contributed by atoms with Crippen molar-refractivity contribution in [3.63, 3.8) is 0 Å². The fraction of sp³-hybridized carbons (Fsp3) is 0.435. The highest BCUT2D eigenvalue weighted by Crippen LogP contribution is 2.59. The highest BCUT2D eigenvalue weighted by Gasteiger charge is 2.58. The van der Waals surface area contributed by atoms with E-state index >= 15 is 0 Å². The molecule has 1 aromatic carbocycles. The number of aromatic nitrogens is 1. The molecule has 1 aromatic heterocycles. The smallest absolute Gasteiger partial charge is 0.227 e. The summed E-state index contributed by atoms with van der Waals surface area (Å²) < 4.78 is 13.2. The van der Waals surface area contributed by atoms with Crippen molar-refractivity contribution >= 4 is 23.4 Å². The van der Waals surface area contributed by atoms with Crippen molar-refractivity contribution in [2.24, 2.45) is 11.3 Å². The van der Waals surface area contributed by atoms with Crippen LogP contribution in [-0.2, 0) is 22.4 Å². The van der Waals surface area contributed by atoms with Crippen LogP contribution in [0, 0.1) is 17.2 Å². The Hall–Kier alpha value is -2.47. The Morgan fingerprint density at radius 1 is 1.23 bits per heavy atom. The molecule has 158 valence electrons. The van der Waals surface area contributed by atoms with E-state index in [1.165, 1.54) is 12.1 Å². The van der Waals surface area contributed by atoms with Crippen molar-refractivity contribution in [3.8, 4) is 0 Å². The van der Waals surface area contributed by atoms with Gasteiger partial charge in [-0.3, -0.25) is 14.6 Å². The predicted molar refractivity (Wildman–Crippen MR) is 112 cm³/mol. The molecule has 4 rings (SSSR count). The molecule has 2 aliphatic rings. The number of halogens is 2. The van der Waals surface area contributed by atoms with Crippen LogP contribution >= 0.6 is 11.6 Å². The Bertz CT molecular complexity index is 929. The zero-order valence-corrected chi connectivity index (χ0v) is 17.5. The molecule has 0 bridgehead atoms. The van der Waals surface area contributed by atoms with Gasteiger partial charge in [-0.2, -0.15) is 0 Å². The van der Waals surface area contributed by atoms with E-state index in [0.29, 0.717) is 25.2 Å². The van der Waals surface area contributed by atoms with Gasteiger partial charge in [0.25, 0.3) is 0 Å². The first-order valence-electron chi connectivity index (χ1n) is 10.4. The van der Waals surface area contributed by atoms with E-state index in [-0.39, 0.29) is 34.6 Å². The Morgan fingerprint density at radius 3 is 2.73 bits per heavy atom. The van der Waals surface area contributed by atoms with Crippen LogP contribution in [0.25, 0.3) is 0 Å². The van der Waals surface area contributed by atoms with Crippen molar-refractivity contribution in [3.05, 3.63) is 64.7 Å². The van der Waals surface area contributed by atoms with Crippen LogP contribution in [0.15, 0.2) is 42.6 Å². The van der Waals surface area contributed by atoms with Crippen molar-refractivity contribution < 1.29 is 14.0 Å². The van der Waals surface area contributed by atoms with Crippen molar-refractivity contribution in [1.29, 1.82) is 0 Å². The molecule has 1 spiro atoms. The molecule has 5 nitrogen and oxygen atoms in total. The number of nitrogens with one attached hydrogen (secondary N) is 1. The standard InChI is InChI=1S/C23H25ClFN3O2/c24-20-14-17(25)5-4-16(20)13-21(29)28-11-7-23(8-12-28)15-19(23)22(30)27-10-6-18-3-1-2-9-26-18/h1-5,9,14,19H,6-8,10-13,15H2,(H,27,30). The number of pyridine rings is 1. The molecular weight excluding hydrogens is 405 g/mol. The molecule has 1 saturated heterocycles. The van der Waals surface area contributed by atoms with E-state index in [1.807, 2.05) is 23.1 Å². The molecule has 1 N–H and O–H groups in total. The van der Waals surface area contributed by atoms with E-state index in [1.54, 1.807) is 12.3 Å². The van der Waals surface area contributed by atoms with Gasteiger partial charge in [-0.05, 0) is 54.5 Å². The molecular formula is C23H25ClFN3O2. The second-order valence-electron chi connectivity index (χ2n) is 8.27. The summed E-state index contributed by atoms with van der Waals surface area (Å²) in [6, 6.07) is 9.89. The van der Waals surface area contributed by atoms with Gasteiger partial charge >= 0.3 is 0 Å². The molecule has 1 unspecified atom stereocenters. The zero-order valence-electron chi connectivity index (χ0n) is 16.7. The number of likely N-dealkylation sites (tertiary alicyclic amines) is 1. The average molecular weight is 430 g/mol. The van der Waals surface area contributed by atoms with Gasteiger partial charge in [0.05, 0.1) is 6.42 Å². The van der Waals surface area contributed by atoms with E-state index in [9.17, 15) is 14.0 Å². The third-order valence-corrected chi connectivity index (χ3v) is 6.73. The number of carbonyl (C=O) groups is 2. The summed E-state index contributed by atoms with van der Waals surface area (Å²) in [5, 5.41) is 3.32. The second kappa shape index (κ2) is 8.72. The molecule has 2 heterocycles. The second-order valence-corrected chi connectivity index (χ2v) is 8.68. The SMILES string of the molecule is O=C(NCCc1ccccn1)C1CC12CCN(C(=O)Cc1ccc(F)cc1Cl)CC2. The lowest BCUT2D eigenvalue weighted by atomic mass is 9.90. The summed E-state index contributed by atoms with van der Waals surface area (Å²) in [6.45, 7) is 1.89. The van der Waals surface area contributed by atoms with Crippen LogP contribution in [0.4, 0.5) is 4.39 Å². The topological polar surface area (TPSA) is 62.3 Å². The lowest BCUT2D eigenvalue weighted by molar-refractivity contribution is -0.132. The van der Waals surface area contributed by atoms with Crippen LogP contribution in [0.2, 0.25) is 5.02 Å². The minimum Gasteiger partial charge on any atom is -0.355 e. The maximum atomic E-state index is 13.2. The molecule has 2 amide bonds. The normalized spacial score (nSPS) is 19.5. The summed E-state index contributed by atoms with van der Waals surface area (Å²) in [5.74, 6) is -0.251. The molecule has 7 heteroatoms.